The highest BCUT2D eigenvalue weighted by atomic mass is 16.5. The molecule has 0 saturated carbocycles. The molecule has 174 valence electrons. The summed E-state index contributed by atoms with van der Waals surface area (Å²) in [5.41, 5.74) is 2.85. The predicted molar refractivity (Wildman–Crippen MR) is 126 cm³/mol. The van der Waals surface area contributed by atoms with Crippen LogP contribution in [0.15, 0.2) is 59.3 Å². The molecule has 1 aromatic carbocycles. The molecule has 1 saturated heterocycles. The molecule has 0 spiro atoms. The van der Waals surface area contributed by atoms with Gasteiger partial charge in [-0.2, -0.15) is 5.10 Å². The fourth-order valence-electron chi connectivity index (χ4n) is 4.16. The number of benzene rings is 1. The molecule has 4 heterocycles. The van der Waals surface area contributed by atoms with Gasteiger partial charge in [0.25, 0.3) is 5.91 Å². The topological polar surface area (TPSA) is 102 Å². The Labute approximate surface area is 196 Å². The van der Waals surface area contributed by atoms with Gasteiger partial charge in [-0.05, 0) is 63.2 Å². The summed E-state index contributed by atoms with van der Waals surface area (Å²) in [6.07, 6.45) is 5.48. The summed E-state index contributed by atoms with van der Waals surface area (Å²) < 4.78 is 12.5. The molecule has 1 N–H and O–H groups in total. The first-order chi connectivity index (χ1) is 16.6. The number of hydrogen-bond donors (Lipinski definition) is 1. The van der Waals surface area contributed by atoms with Crippen molar-refractivity contribution in [1.29, 1.82) is 0 Å². The van der Waals surface area contributed by atoms with Gasteiger partial charge in [0.2, 0.25) is 0 Å². The third-order valence-corrected chi connectivity index (χ3v) is 5.78. The Balaban J connectivity index is 1.35. The van der Waals surface area contributed by atoms with E-state index in [1.54, 1.807) is 35.8 Å². The SMILES string of the molecule is CCOC(=O)c1cnn2c(-c3cccc(NC(=O)c4ccc(CN5CCCC5)o4)c3)ccnc12. The molecule has 3 aromatic heterocycles. The third-order valence-electron chi connectivity index (χ3n) is 5.78. The minimum Gasteiger partial charge on any atom is -0.462 e. The lowest BCUT2D eigenvalue weighted by Gasteiger charge is -2.11. The number of furan rings is 1. The van der Waals surface area contributed by atoms with Crippen molar-refractivity contribution < 1.29 is 18.7 Å². The average Bonchev–Trinajstić information content (AvgIpc) is 3.60. The Bertz CT molecular complexity index is 1340. The van der Waals surface area contributed by atoms with E-state index in [0.717, 1.165) is 36.7 Å². The van der Waals surface area contributed by atoms with Crippen LogP contribution in [0.5, 0.6) is 0 Å². The lowest BCUT2D eigenvalue weighted by atomic mass is 10.1. The number of anilines is 1. The first-order valence-electron chi connectivity index (χ1n) is 11.3. The smallest absolute Gasteiger partial charge is 0.343 e. The van der Waals surface area contributed by atoms with E-state index in [1.165, 1.54) is 19.0 Å². The molecule has 34 heavy (non-hydrogen) atoms. The van der Waals surface area contributed by atoms with Crippen LogP contribution in [0.2, 0.25) is 0 Å². The van der Waals surface area contributed by atoms with Crippen LogP contribution in [0.3, 0.4) is 0 Å². The van der Waals surface area contributed by atoms with Crippen LogP contribution in [-0.2, 0) is 11.3 Å². The zero-order valence-electron chi connectivity index (χ0n) is 18.9. The van der Waals surface area contributed by atoms with E-state index in [1.807, 2.05) is 24.3 Å². The van der Waals surface area contributed by atoms with Gasteiger partial charge < -0.3 is 14.5 Å². The van der Waals surface area contributed by atoms with Gasteiger partial charge in [0, 0.05) is 17.4 Å². The normalized spacial score (nSPS) is 13.9. The molecule has 9 heteroatoms. The van der Waals surface area contributed by atoms with Crippen LogP contribution >= 0.6 is 0 Å². The van der Waals surface area contributed by atoms with E-state index >= 15 is 0 Å². The maximum absolute atomic E-state index is 12.8. The van der Waals surface area contributed by atoms with Crippen LogP contribution in [0.4, 0.5) is 5.69 Å². The zero-order chi connectivity index (χ0) is 23.5. The van der Waals surface area contributed by atoms with Crippen molar-refractivity contribution in [1.82, 2.24) is 19.5 Å². The molecular weight excluding hydrogens is 434 g/mol. The number of nitrogens with one attached hydrogen (secondary N) is 1. The van der Waals surface area contributed by atoms with E-state index in [9.17, 15) is 9.59 Å². The van der Waals surface area contributed by atoms with Gasteiger partial charge in [0.05, 0.1) is 25.0 Å². The first-order valence-corrected chi connectivity index (χ1v) is 11.3. The maximum atomic E-state index is 12.8. The number of amides is 1. The summed E-state index contributed by atoms with van der Waals surface area (Å²) >= 11 is 0. The van der Waals surface area contributed by atoms with Crippen molar-refractivity contribution in [2.75, 3.05) is 25.0 Å². The van der Waals surface area contributed by atoms with Crippen LogP contribution in [0.25, 0.3) is 16.9 Å². The minimum atomic E-state index is -0.467. The second kappa shape index (κ2) is 9.48. The van der Waals surface area contributed by atoms with Crippen molar-refractivity contribution in [3.05, 3.63) is 71.9 Å². The molecule has 0 unspecified atom stereocenters. The molecule has 1 aliphatic rings. The number of fused-ring (bicyclic) bond motifs is 1. The summed E-state index contributed by atoms with van der Waals surface area (Å²) in [5, 5.41) is 7.23. The molecule has 4 aromatic rings. The van der Waals surface area contributed by atoms with Crippen molar-refractivity contribution in [2.45, 2.75) is 26.3 Å². The lowest BCUT2D eigenvalue weighted by Crippen LogP contribution is -2.18. The molecule has 1 fully saturated rings. The van der Waals surface area contributed by atoms with Gasteiger partial charge >= 0.3 is 5.97 Å². The molecule has 1 aliphatic heterocycles. The second-order valence-corrected chi connectivity index (χ2v) is 8.13. The number of carbonyl (C=O) groups excluding carboxylic acids is 2. The number of aromatic nitrogens is 3. The molecule has 1 amide bonds. The first kappa shape index (κ1) is 21.8. The largest absolute Gasteiger partial charge is 0.462 e. The summed E-state index contributed by atoms with van der Waals surface area (Å²) in [7, 11) is 0. The van der Waals surface area contributed by atoms with Crippen LogP contribution in [0, 0.1) is 0 Å². The predicted octanol–water partition coefficient (Wildman–Crippen LogP) is 4.01. The number of hydrogen-bond acceptors (Lipinski definition) is 7. The number of esters is 1. The Hall–Kier alpha value is -3.98. The number of likely N-dealkylation sites (tertiary alicyclic amines) is 1. The molecule has 0 radical (unpaired) electrons. The number of ether oxygens (including phenoxy) is 1. The van der Waals surface area contributed by atoms with E-state index in [-0.39, 0.29) is 18.3 Å². The maximum Gasteiger partial charge on any atom is 0.343 e. The van der Waals surface area contributed by atoms with Gasteiger partial charge in [0.15, 0.2) is 11.4 Å². The zero-order valence-corrected chi connectivity index (χ0v) is 18.9. The minimum absolute atomic E-state index is 0.271. The van der Waals surface area contributed by atoms with E-state index < -0.39 is 5.97 Å². The molecule has 0 aliphatic carbocycles. The van der Waals surface area contributed by atoms with Crippen molar-refractivity contribution in [3.63, 3.8) is 0 Å². The Morgan fingerprint density at radius 1 is 1.15 bits per heavy atom. The average molecular weight is 460 g/mol. The molecule has 5 rings (SSSR count). The van der Waals surface area contributed by atoms with E-state index in [2.05, 4.69) is 20.3 Å². The van der Waals surface area contributed by atoms with E-state index in [0.29, 0.717) is 16.9 Å². The van der Waals surface area contributed by atoms with Gasteiger partial charge in [-0.1, -0.05) is 12.1 Å². The standard InChI is InChI=1S/C25H25N5O4/c1-2-33-25(32)20-15-27-30-21(10-11-26-23(20)30)17-6-5-7-18(14-17)28-24(31)22-9-8-19(34-22)16-29-12-3-4-13-29/h5-11,14-15H,2-4,12-13,16H2,1H3,(H,28,31). The van der Waals surface area contributed by atoms with Gasteiger partial charge in [0.1, 0.15) is 11.3 Å². The summed E-state index contributed by atoms with van der Waals surface area (Å²) in [6, 6.07) is 12.7. The fraction of sp³-hybridized carbons (Fsp3) is 0.280. The molecule has 0 atom stereocenters. The molecular formula is C25H25N5O4. The summed E-state index contributed by atoms with van der Waals surface area (Å²) in [5.74, 6) is 0.284. The Kier molecular flexibility index (Phi) is 6.09. The fourth-order valence-corrected chi connectivity index (χ4v) is 4.16. The Morgan fingerprint density at radius 2 is 2.00 bits per heavy atom. The van der Waals surface area contributed by atoms with Crippen molar-refractivity contribution in [3.8, 4) is 11.3 Å². The van der Waals surface area contributed by atoms with Gasteiger partial charge in [-0.3, -0.25) is 9.69 Å². The lowest BCUT2D eigenvalue weighted by molar-refractivity contribution is 0.0528. The number of carbonyl (C=O) groups is 2. The quantitative estimate of drug-likeness (QED) is 0.417. The molecule has 9 nitrogen and oxygen atoms in total. The summed E-state index contributed by atoms with van der Waals surface area (Å²) in [4.78, 5) is 31.6. The van der Waals surface area contributed by atoms with Gasteiger partial charge in [-0.25, -0.2) is 14.3 Å². The summed E-state index contributed by atoms with van der Waals surface area (Å²) in [6.45, 7) is 4.87. The van der Waals surface area contributed by atoms with Crippen LogP contribution < -0.4 is 5.32 Å². The Morgan fingerprint density at radius 3 is 2.82 bits per heavy atom. The number of rotatable bonds is 7. The van der Waals surface area contributed by atoms with E-state index in [4.69, 9.17) is 9.15 Å². The number of nitrogens with zero attached hydrogens (tertiary/aromatic N) is 4. The monoisotopic (exact) mass is 459 g/mol. The molecule has 0 bridgehead atoms. The highest BCUT2D eigenvalue weighted by Gasteiger charge is 2.18. The second-order valence-electron chi connectivity index (χ2n) is 8.13. The van der Waals surface area contributed by atoms with Crippen molar-refractivity contribution >= 4 is 23.2 Å². The third kappa shape index (κ3) is 4.42. The highest BCUT2D eigenvalue weighted by molar-refractivity contribution is 6.02. The van der Waals surface area contributed by atoms with Gasteiger partial charge in [-0.15, -0.1) is 0 Å². The highest BCUT2D eigenvalue weighted by Crippen LogP contribution is 2.25. The van der Waals surface area contributed by atoms with Crippen molar-refractivity contribution in [2.24, 2.45) is 0 Å². The van der Waals surface area contributed by atoms with Crippen LogP contribution in [-0.4, -0.2) is 51.1 Å². The van der Waals surface area contributed by atoms with Crippen LogP contribution in [0.1, 0.15) is 46.4 Å².